The number of likely N-dealkylation sites (N-methyl/N-ethyl adjacent to an activating group) is 1. The van der Waals surface area contributed by atoms with Crippen LogP contribution in [-0.4, -0.2) is 69.6 Å². The number of carbonyl (C=O) groups is 1. The van der Waals surface area contributed by atoms with Gasteiger partial charge in [-0.25, -0.2) is 15.0 Å². The number of rotatable bonds is 3. The average molecular weight is 447 g/mol. The topological polar surface area (TPSA) is 77.7 Å². The van der Waals surface area contributed by atoms with E-state index in [4.69, 9.17) is 4.42 Å². The molecule has 2 aromatic rings. The van der Waals surface area contributed by atoms with Crippen LogP contribution in [0.5, 0.6) is 0 Å². The van der Waals surface area contributed by atoms with Crippen molar-refractivity contribution in [3.8, 4) is 0 Å². The van der Waals surface area contributed by atoms with E-state index in [-0.39, 0.29) is 11.4 Å². The monoisotopic (exact) mass is 446 g/mol. The van der Waals surface area contributed by atoms with E-state index in [1.54, 1.807) is 0 Å². The van der Waals surface area contributed by atoms with E-state index in [2.05, 4.69) is 55.2 Å². The van der Waals surface area contributed by atoms with Crippen LogP contribution in [0.4, 0.5) is 5.82 Å². The number of aromatic nitrogens is 2. The van der Waals surface area contributed by atoms with Crippen LogP contribution in [0.2, 0.25) is 0 Å². The van der Waals surface area contributed by atoms with Gasteiger partial charge in [-0.2, -0.15) is 0 Å². The Morgan fingerprint density at radius 3 is 2.82 bits per heavy atom. The molecule has 2 aromatic heterocycles. The molecule has 2 fully saturated rings. The first kappa shape index (κ1) is 17.9. The molecule has 9 heteroatoms. The summed E-state index contributed by atoms with van der Waals surface area (Å²) in [5.74, 6) is 1.24. The van der Waals surface area contributed by atoms with Gasteiger partial charge < -0.3 is 19.6 Å². The van der Waals surface area contributed by atoms with E-state index >= 15 is 0 Å². The van der Waals surface area contributed by atoms with Crippen molar-refractivity contribution in [2.75, 3.05) is 38.5 Å². The molecule has 0 spiro atoms. The number of nitrogens with zero attached hydrogens (tertiary/aromatic N) is 5. The first-order chi connectivity index (χ1) is 13.4. The number of hydrogen-bond donors (Lipinski definition) is 1. The number of furan rings is 1. The summed E-state index contributed by atoms with van der Waals surface area (Å²) in [5, 5.41) is 8.58. The van der Waals surface area contributed by atoms with E-state index in [0.29, 0.717) is 41.3 Å². The predicted octanol–water partition coefficient (Wildman–Crippen LogP) is 2.72. The van der Waals surface area contributed by atoms with Crippen molar-refractivity contribution in [1.82, 2.24) is 24.9 Å². The average Bonchev–Trinajstić information content (AvgIpc) is 3.18. The van der Waals surface area contributed by atoms with Crippen LogP contribution in [0.3, 0.4) is 0 Å². The van der Waals surface area contributed by atoms with Gasteiger partial charge in [0.25, 0.3) is 5.91 Å². The maximum absolute atomic E-state index is 13.5. The highest BCUT2D eigenvalue weighted by molar-refractivity contribution is 9.11. The number of fused-ring (bicyclic) bond motifs is 2. The normalized spacial score (nSPS) is 21.4. The van der Waals surface area contributed by atoms with Crippen LogP contribution in [0.25, 0.3) is 11.1 Å². The number of carbonyl (C=O) groups excluding carboxylic acids is 1. The largest absolute Gasteiger partial charge is 0.442 e. The Kier molecular flexibility index (Phi) is 3.96. The van der Waals surface area contributed by atoms with E-state index in [1.165, 1.54) is 6.33 Å². The van der Waals surface area contributed by atoms with Crippen molar-refractivity contribution in [3.05, 3.63) is 27.8 Å². The van der Waals surface area contributed by atoms with Crippen molar-refractivity contribution in [1.29, 1.82) is 0 Å². The SMILES string of the molecule is Cc1oc2ncnc(NC3(C)CC3)c2c1C(=O)N1CCN2C(=C(Br)CN2C)C1. The zero-order valence-corrected chi connectivity index (χ0v) is 17.8. The number of hydrogen-bond acceptors (Lipinski definition) is 7. The third-order valence-corrected chi connectivity index (χ3v) is 6.62. The first-order valence-electron chi connectivity index (χ1n) is 9.54. The van der Waals surface area contributed by atoms with Crippen molar-refractivity contribution < 1.29 is 9.21 Å². The van der Waals surface area contributed by atoms with E-state index < -0.39 is 0 Å². The molecule has 1 N–H and O–H groups in total. The number of aryl methyl sites for hydroxylation is 1. The molecular weight excluding hydrogens is 424 g/mol. The fourth-order valence-corrected chi connectivity index (χ4v) is 4.69. The number of nitrogens with one attached hydrogen (secondary N) is 1. The second-order valence-corrected chi connectivity index (χ2v) is 9.10. The van der Waals surface area contributed by atoms with Gasteiger partial charge in [0.15, 0.2) is 0 Å². The number of anilines is 1. The first-order valence-corrected chi connectivity index (χ1v) is 10.3. The Morgan fingerprint density at radius 1 is 1.29 bits per heavy atom. The molecule has 148 valence electrons. The maximum Gasteiger partial charge on any atom is 0.258 e. The van der Waals surface area contributed by atoms with Crippen molar-refractivity contribution >= 4 is 38.8 Å². The summed E-state index contributed by atoms with van der Waals surface area (Å²) in [4.78, 5) is 24.1. The maximum atomic E-state index is 13.5. The lowest BCUT2D eigenvalue weighted by Gasteiger charge is -2.38. The number of amides is 1. The van der Waals surface area contributed by atoms with Gasteiger partial charge in [-0.3, -0.25) is 4.79 Å². The number of halogens is 1. The van der Waals surface area contributed by atoms with Gasteiger partial charge >= 0.3 is 0 Å². The fourth-order valence-electron chi connectivity index (χ4n) is 4.00. The second-order valence-electron chi connectivity index (χ2n) is 8.14. The van der Waals surface area contributed by atoms with Gasteiger partial charge in [0, 0.05) is 23.6 Å². The highest BCUT2D eigenvalue weighted by Crippen LogP contribution is 2.40. The molecule has 1 saturated heterocycles. The zero-order valence-electron chi connectivity index (χ0n) is 16.3. The van der Waals surface area contributed by atoms with Gasteiger partial charge in [0.1, 0.15) is 17.9 Å². The van der Waals surface area contributed by atoms with Gasteiger partial charge in [-0.15, -0.1) is 0 Å². The van der Waals surface area contributed by atoms with Gasteiger partial charge in [-0.05, 0) is 26.7 Å². The molecule has 3 aliphatic rings. The molecule has 1 aliphatic carbocycles. The van der Waals surface area contributed by atoms with Crippen LogP contribution < -0.4 is 5.32 Å². The minimum Gasteiger partial charge on any atom is -0.442 e. The second kappa shape index (κ2) is 6.18. The lowest BCUT2D eigenvalue weighted by molar-refractivity contribution is 0.0251. The van der Waals surface area contributed by atoms with Crippen LogP contribution in [0.1, 0.15) is 35.9 Å². The highest BCUT2D eigenvalue weighted by atomic mass is 79.9. The quantitative estimate of drug-likeness (QED) is 0.776. The van der Waals surface area contributed by atoms with E-state index in [0.717, 1.165) is 36.1 Å². The molecule has 0 atom stereocenters. The molecular formula is C19H23BrN6O2. The minimum absolute atomic E-state index is 0.0305. The molecule has 2 aliphatic heterocycles. The Labute approximate surface area is 171 Å². The third kappa shape index (κ3) is 2.79. The van der Waals surface area contributed by atoms with Gasteiger partial charge in [0.2, 0.25) is 5.71 Å². The Morgan fingerprint density at radius 2 is 2.07 bits per heavy atom. The standard InChI is InChI=1S/C19H23BrN6O2/c1-11-14(15-16(23-19(2)4-5-19)21-10-22-17(15)28-11)18(27)25-6-7-26-13(9-25)12(20)8-24(26)3/h10H,4-9H2,1-3H3,(H,21,22,23). The summed E-state index contributed by atoms with van der Waals surface area (Å²) >= 11 is 3.66. The number of piperazine rings is 1. The molecule has 8 nitrogen and oxygen atoms in total. The Bertz CT molecular complexity index is 1010. The van der Waals surface area contributed by atoms with Crippen molar-refractivity contribution in [2.45, 2.75) is 32.2 Å². The lowest BCUT2D eigenvalue weighted by Crippen LogP contribution is -2.49. The molecule has 28 heavy (non-hydrogen) atoms. The molecule has 4 heterocycles. The Balaban J connectivity index is 1.51. The van der Waals surface area contributed by atoms with Gasteiger partial charge in [-0.1, -0.05) is 15.9 Å². The van der Waals surface area contributed by atoms with Crippen LogP contribution in [-0.2, 0) is 0 Å². The summed E-state index contributed by atoms with van der Waals surface area (Å²) < 4.78 is 6.97. The zero-order chi connectivity index (χ0) is 19.6. The van der Waals surface area contributed by atoms with Crippen LogP contribution in [0, 0.1) is 6.92 Å². The van der Waals surface area contributed by atoms with Crippen molar-refractivity contribution in [2.24, 2.45) is 0 Å². The Hall–Kier alpha value is -2.13. The summed E-state index contributed by atoms with van der Waals surface area (Å²) in [5.41, 5.74) is 2.22. The molecule has 1 saturated carbocycles. The lowest BCUT2D eigenvalue weighted by atomic mass is 10.1. The predicted molar refractivity (Wildman–Crippen MR) is 109 cm³/mol. The molecule has 0 aromatic carbocycles. The molecule has 5 rings (SSSR count). The third-order valence-electron chi connectivity index (χ3n) is 5.91. The molecule has 0 bridgehead atoms. The summed E-state index contributed by atoms with van der Waals surface area (Å²) in [6.07, 6.45) is 3.68. The van der Waals surface area contributed by atoms with Crippen molar-refractivity contribution in [3.63, 3.8) is 0 Å². The summed E-state index contributed by atoms with van der Waals surface area (Å²) in [6, 6.07) is 0. The summed E-state index contributed by atoms with van der Waals surface area (Å²) in [6.45, 7) is 6.84. The molecule has 0 unspecified atom stereocenters. The van der Waals surface area contributed by atoms with E-state index in [1.807, 2.05) is 11.8 Å². The highest BCUT2D eigenvalue weighted by Gasteiger charge is 2.39. The number of hydrazine groups is 1. The fraction of sp³-hybridized carbons (Fsp3) is 0.526. The van der Waals surface area contributed by atoms with Gasteiger partial charge in [0.05, 0.1) is 36.3 Å². The molecule has 0 radical (unpaired) electrons. The van der Waals surface area contributed by atoms with Crippen LogP contribution in [0.15, 0.2) is 20.9 Å². The smallest absolute Gasteiger partial charge is 0.258 e. The van der Waals surface area contributed by atoms with E-state index in [9.17, 15) is 4.79 Å². The molecule has 1 amide bonds. The minimum atomic E-state index is -0.0305. The summed E-state index contributed by atoms with van der Waals surface area (Å²) in [7, 11) is 2.06. The van der Waals surface area contributed by atoms with Crippen LogP contribution >= 0.6 is 15.9 Å².